The van der Waals surface area contributed by atoms with Gasteiger partial charge in [0, 0.05) is 11.3 Å². The molecule has 0 unspecified atom stereocenters. The van der Waals surface area contributed by atoms with E-state index in [1.165, 1.54) is 12.1 Å². The lowest BCUT2D eigenvalue weighted by atomic mass is 10.1. The normalized spacial score (nSPS) is 11.5. The van der Waals surface area contributed by atoms with E-state index in [1.54, 1.807) is 38.1 Å². The van der Waals surface area contributed by atoms with Crippen LogP contribution in [0.1, 0.15) is 29.8 Å². The maximum atomic E-state index is 12.1. The highest BCUT2D eigenvalue weighted by Gasteiger charge is 2.18. The van der Waals surface area contributed by atoms with Crippen molar-refractivity contribution in [3.8, 4) is 0 Å². The molecule has 22 heavy (non-hydrogen) atoms. The molecule has 0 aliphatic heterocycles. The van der Waals surface area contributed by atoms with E-state index in [4.69, 9.17) is 0 Å². The third-order valence-corrected chi connectivity index (χ3v) is 5.51. The van der Waals surface area contributed by atoms with Crippen LogP contribution in [0.15, 0.2) is 53.4 Å². The van der Waals surface area contributed by atoms with Gasteiger partial charge in [-0.3, -0.25) is 4.79 Å². The van der Waals surface area contributed by atoms with Gasteiger partial charge in [0.15, 0.2) is 9.84 Å². The first kappa shape index (κ1) is 16.2. The van der Waals surface area contributed by atoms with Crippen LogP contribution in [0.25, 0.3) is 0 Å². The van der Waals surface area contributed by atoms with Crippen LogP contribution in [-0.4, -0.2) is 19.6 Å². The summed E-state index contributed by atoms with van der Waals surface area (Å²) in [5, 5.41) is 2.29. The summed E-state index contributed by atoms with van der Waals surface area (Å²) in [5.41, 5.74) is 2.14. The summed E-state index contributed by atoms with van der Waals surface area (Å²) in [7, 11) is -3.29. The Morgan fingerprint density at radius 2 is 1.68 bits per heavy atom. The molecule has 0 aliphatic rings. The monoisotopic (exact) mass is 317 g/mol. The molecule has 0 fully saturated rings. The Morgan fingerprint density at radius 3 is 2.23 bits per heavy atom. The molecule has 2 aromatic rings. The Hall–Kier alpha value is -2.14. The fourth-order valence-corrected chi connectivity index (χ4v) is 3.05. The van der Waals surface area contributed by atoms with Gasteiger partial charge in [-0.15, -0.1) is 0 Å². The van der Waals surface area contributed by atoms with Crippen LogP contribution in [0.2, 0.25) is 0 Å². The molecule has 0 bridgehead atoms. The summed E-state index contributed by atoms with van der Waals surface area (Å²) in [6, 6.07) is 13.5. The van der Waals surface area contributed by atoms with Gasteiger partial charge in [-0.25, -0.2) is 8.42 Å². The molecule has 2 rings (SSSR count). The van der Waals surface area contributed by atoms with Gasteiger partial charge in [0.25, 0.3) is 5.91 Å². The number of rotatable bonds is 4. The second-order valence-corrected chi connectivity index (χ2v) is 7.95. The average molecular weight is 317 g/mol. The van der Waals surface area contributed by atoms with Gasteiger partial charge in [0.1, 0.15) is 0 Å². The van der Waals surface area contributed by atoms with Crippen LogP contribution in [0.4, 0.5) is 5.69 Å². The standard InChI is InChI=1S/C17H19NO3S/c1-12(2)22(20,21)16-9-7-15(8-10-16)18-17(19)14-6-4-5-13(3)11-14/h4-12H,1-3H3,(H,18,19). The van der Waals surface area contributed by atoms with Crippen LogP contribution in [-0.2, 0) is 9.84 Å². The van der Waals surface area contributed by atoms with E-state index in [0.717, 1.165) is 5.56 Å². The van der Waals surface area contributed by atoms with Gasteiger partial charge in [-0.05, 0) is 57.2 Å². The van der Waals surface area contributed by atoms with Gasteiger partial charge in [-0.2, -0.15) is 0 Å². The van der Waals surface area contributed by atoms with Crippen molar-refractivity contribution in [1.82, 2.24) is 0 Å². The Kier molecular flexibility index (Phi) is 4.66. The van der Waals surface area contributed by atoms with E-state index in [2.05, 4.69) is 5.32 Å². The highest BCUT2D eigenvalue weighted by molar-refractivity contribution is 7.92. The van der Waals surface area contributed by atoms with Crippen molar-refractivity contribution in [3.05, 3.63) is 59.7 Å². The summed E-state index contributed by atoms with van der Waals surface area (Å²) < 4.78 is 24.1. The van der Waals surface area contributed by atoms with Gasteiger partial charge in [0.05, 0.1) is 10.1 Å². The molecule has 0 saturated heterocycles. The fourth-order valence-electron chi connectivity index (χ4n) is 1.99. The minimum atomic E-state index is -3.29. The molecular weight excluding hydrogens is 298 g/mol. The van der Waals surface area contributed by atoms with E-state index < -0.39 is 15.1 Å². The van der Waals surface area contributed by atoms with Crippen LogP contribution < -0.4 is 5.32 Å². The number of hydrogen-bond acceptors (Lipinski definition) is 3. The molecule has 4 nitrogen and oxygen atoms in total. The number of anilines is 1. The fraction of sp³-hybridized carbons (Fsp3) is 0.235. The third-order valence-electron chi connectivity index (χ3n) is 3.34. The predicted molar refractivity (Wildman–Crippen MR) is 87.9 cm³/mol. The molecule has 2 aromatic carbocycles. The van der Waals surface area contributed by atoms with Crippen molar-refractivity contribution >= 4 is 21.4 Å². The smallest absolute Gasteiger partial charge is 0.255 e. The first-order chi connectivity index (χ1) is 10.3. The highest BCUT2D eigenvalue weighted by atomic mass is 32.2. The predicted octanol–water partition coefficient (Wildman–Crippen LogP) is 3.43. The largest absolute Gasteiger partial charge is 0.322 e. The van der Waals surface area contributed by atoms with Gasteiger partial charge in [0.2, 0.25) is 0 Å². The summed E-state index contributed by atoms with van der Waals surface area (Å²) in [4.78, 5) is 12.4. The first-order valence-corrected chi connectivity index (χ1v) is 8.57. The van der Waals surface area contributed by atoms with E-state index in [1.807, 2.05) is 19.1 Å². The van der Waals surface area contributed by atoms with Gasteiger partial charge < -0.3 is 5.32 Å². The van der Waals surface area contributed by atoms with E-state index in [9.17, 15) is 13.2 Å². The number of amides is 1. The van der Waals surface area contributed by atoms with Crippen LogP contribution >= 0.6 is 0 Å². The Bertz CT molecular complexity index is 778. The van der Waals surface area contributed by atoms with Crippen LogP contribution in [0.3, 0.4) is 0 Å². The second kappa shape index (κ2) is 6.32. The SMILES string of the molecule is Cc1cccc(C(=O)Nc2ccc(S(=O)(=O)C(C)C)cc2)c1. The van der Waals surface area contributed by atoms with Crippen LogP contribution in [0, 0.1) is 6.92 Å². The number of benzene rings is 2. The topological polar surface area (TPSA) is 63.2 Å². The van der Waals surface area contributed by atoms with E-state index in [-0.39, 0.29) is 10.8 Å². The minimum absolute atomic E-state index is 0.219. The number of sulfone groups is 1. The Labute approximate surface area is 131 Å². The van der Waals surface area contributed by atoms with Gasteiger partial charge in [-0.1, -0.05) is 17.7 Å². The molecule has 0 radical (unpaired) electrons. The molecule has 0 aromatic heterocycles. The lowest BCUT2D eigenvalue weighted by Gasteiger charge is -2.09. The lowest BCUT2D eigenvalue weighted by molar-refractivity contribution is 0.102. The lowest BCUT2D eigenvalue weighted by Crippen LogP contribution is -2.15. The number of carbonyl (C=O) groups is 1. The Morgan fingerprint density at radius 1 is 1.05 bits per heavy atom. The Balaban J connectivity index is 2.17. The molecule has 116 valence electrons. The molecule has 5 heteroatoms. The molecular formula is C17H19NO3S. The van der Waals surface area contributed by atoms with Crippen LogP contribution in [0.5, 0.6) is 0 Å². The van der Waals surface area contributed by atoms with Crippen molar-refractivity contribution < 1.29 is 13.2 Å². The van der Waals surface area contributed by atoms with E-state index >= 15 is 0 Å². The maximum Gasteiger partial charge on any atom is 0.255 e. The van der Waals surface area contributed by atoms with Crippen molar-refractivity contribution in [1.29, 1.82) is 0 Å². The number of carbonyl (C=O) groups excluding carboxylic acids is 1. The average Bonchev–Trinajstić information content (AvgIpc) is 2.47. The zero-order valence-electron chi connectivity index (χ0n) is 12.8. The number of hydrogen-bond donors (Lipinski definition) is 1. The zero-order chi connectivity index (χ0) is 16.3. The molecule has 0 spiro atoms. The second-order valence-electron chi connectivity index (χ2n) is 5.44. The van der Waals surface area contributed by atoms with Crippen molar-refractivity contribution in [2.75, 3.05) is 5.32 Å². The van der Waals surface area contributed by atoms with Crippen molar-refractivity contribution in [3.63, 3.8) is 0 Å². The quantitative estimate of drug-likeness (QED) is 0.939. The maximum absolute atomic E-state index is 12.1. The van der Waals surface area contributed by atoms with Gasteiger partial charge >= 0.3 is 0 Å². The highest BCUT2D eigenvalue weighted by Crippen LogP contribution is 2.19. The molecule has 1 N–H and O–H groups in total. The van der Waals surface area contributed by atoms with Crippen molar-refractivity contribution in [2.45, 2.75) is 30.9 Å². The number of nitrogens with one attached hydrogen (secondary N) is 1. The summed E-state index contributed by atoms with van der Waals surface area (Å²) in [5.74, 6) is -0.219. The van der Waals surface area contributed by atoms with E-state index in [0.29, 0.717) is 11.3 Å². The molecule has 0 aliphatic carbocycles. The summed E-state index contributed by atoms with van der Waals surface area (Å²) in [6.45, 7) is 5.20. The summed E-state index contributed by atoms with van der Waals surface area (Å²) >= 11 is 0. The number of aryl methyl sites for hydroxylation is 1. The molecule has 0 atom stereocenters. The summed E-state index contributed by atoms with van der Waals surface area (Å²) in [6.07, 6.45) is 0. The molecule has 0 heterocycles. The first-order valence-electron chi connectivity index (χ1n) is 7.02. The zero-order valence-corrected chi connectivity index (χ0v) is 13.6. The third kappa shape index (κ3) is 3.54. The van der Waals surface area contributed by atoms with Crippen molar-refractivity contribution in [2.24, 2.45) is 0 Å². The molecule has 0 saturated carbocycles. The molecule has 1 amide bonds. The minimum Gasteiger partial charge on any atom is -0.322 e.